The Kier molecular flexibility index (Phi) is 6.62. The van der Waals surface area contributed by atoms with Gasteiger partial charge in [0.25, 0.3) is 0 Å². The minimum Gasteiger partial charge on any atom is -0.508 e. The van der Waals surface area contributed by atoms with Gasteiger partial charge in [0.1, 0.15) is 5.75 Å². The van der Waals surface area contributed by atoms with Crippen molar-refractivity contribution in [2.75, 3.05) is 33.5 Å². The predicted octanol–water partition coefficient (Wildman–Crippen LogP) is 1.71. The summed E-state index contributed by atoms with van der Waals surface area (Å²) in [4.78, 5) is 0. The van der Waals surface area contributed by atoms with Crippen molar-refractivity contribution >= 4 is 0 Å². The number of phenolic OH excluding ortho intramolecular Hbond substituents is 1. The summed E-state index contributed by atoms with van der Waals surface area (Å²) in [5, 5.41) is 13.0. The second-order valence-corrected chi connectivity index (χ2v) is 3.84. The van der Waals surface area contributed by atoms with Crippen LogP contribution in [0.3, 0.4) is 0 Å². The lowest BCUT2D eigenvalue weighted by Crippen LogP contribution is -2.23. The van der Waals surface area contributed by atoms with E-state index >= 15 is 0 Å². The van der Waals surface area contributed by atoms with Crippen LogP contribution in [-0.4, -0.2) is 38.6 Å². The SMILES string of the molecule is COCCOCCNC(C)c1ccccc1O. The summed E-state index contributed by atoms with van der Waals surface area (Å²) in [5.41, 5.74) is 0.907. The number of hydrogen-bond donors (Lipinski definition) is 2. The Bertz CT molecular complexity index is 317. The van der Waals surface area contributed by atoms with E-state index in [1.165, 1.54) is 0 Å². The molecule has 0 aromatic heterocycles. The van der Waals surface area contributed by atoms with E-state index in [0.29, 0.717) is 25.6 Å². The molecular formula is C13H21NO3. The number of para-hydroxylation sites is 1. The number of methoxy groups -OCH3 is 1. The van der Waals surface area contributed by atoms with Gasteiger partial charge in [-0.05, 0) is 13.0 Å². The number of hydrogen-bond acceptors (Lipinski definition) is 4. The number of rotatable bonds is 8. The van der Waals surface area contributed by atoms with Crippen LogP contribution < -0.4 is 5.32 Å². The molecule has 0 amide bonds. The minimum absolute atomic E-state index is 0.113. The van der Waals surface area contributed by atoms with Crippen LogP contribution in [0.25, 0.3) is 0 Å². The van der Waals surface area contributed by atoms with Crippen LogP contribution in [-0.2, 0) is 9.47 Å². The molecule has 4 nitrogen and oxygen atoms in total. The van der Waals surface area contributed by atoms with E-state index in [0.717, 1.165) is 12.1 Å². The Hall–Kier alpha value is -1.10. The second-order valence-electron chi connectivity index (χ2n) is 3.84. The summed E-state index contributed by atoms with van der Waals surface area (Å²) in [6, 6.07) is 7.46. The van der Waals surface area contributed by atoms with Gasteiger partial charge in [-0.3, -0.25) is 0 Å². The fourth-order valence-corrected chi connectivity index (χ4v) is 1.56. The van der Waals surface area contributed by atoms with E-state index in [1.807, 2.05) is 25.1 Å². The van der Waals surface area contributed by atoms with Crippen molar-refractivity contribution in [2.24, 2.45) is 0 Å². The zero-order valence-electron chi connectivity index (χ0n) is 10.5. The lowest BCUT2D eigenvalue weighted by molar-refractivity contribution is 0.0712. The first-order valence-electron chi connectivity index (χ1n) is 5.83. The molecule has 4 heteroatoms. The van der Waals surface area contributed by atoms with Crippen molar-refractivity contribution in [3.8, 4) is 5.75 Å². The number of ether oxygens (including phenoxy) is 2. The van der Waals surface area contributed by atoms with E-state index in [2.05, 4.69) is 5.32 Å². The molecule has 17 heavy (non-hydrogen) atoms. The van der Waals surface area contributed by atoms with Crippen LogP contribution in [0.2, 0.25) is 0 Å². The lowest BCUT2D eigenvalue weighted by atomic mass is 10.1. The normalized spacial score (nSPS) is 12.6. The first-order chi connectivity index (χ1) is 8.25. The monoisotopic (exact) mass is 239 g/mol. The van der Waals surface area contributed by atoms with Crippen LogP contribution in [0.1, 0.15) is 18.5 Å². The van der Waals surface area contributed by atoms with Crippen molar-refractivity contribution < 1.29 is 14.6 Å². The average molecular weight is 239 g/mol. The van der Waals surface area contributed by atoms with E-state index in [9.17, 15) is 5.11 Å². The molecule has 1 atom stereocenters. The van der Waals surface area contributed by atoms with Gasteiger partial charge in [-0.25, -0.2) is 0 Å². The van der Waals surface area contributed by atoms with Gasteiger partial charge in [0.2, 0.25) is 0 Å². The third-order valence-electron chi connectivity index (χ3n) is 2.53. The fraction of sp³-hybridized carbons (Fsp3) is 0.538. The average Bonchev–Trinajstić information content (AvgIpc) is 2.34. The maximum atomic E-state index is 9.67. The fourth-order valence-electron chi connectivity index (χ4n) is 1.56. The van der Waals surface area contributed by atoms with Crippen molar-refractivity contribution in [3.05, 3.63) is 29.8 Å². The van der Waals surface area contributed by atoms with E-state index in [4.69, 9.17) is 9.47 Å². The summed E-state index contributed by atoms with van der Waals surface area (Å²) in [6.45, 7) is 4.64. The molecule has 2 N–H and O–H groups in total. The van der Waals surface area contributed by atoms with Crippen LogP contribution in [0, 0.1) is 0 Å². The number of benzene rings is 1. The molecule has 0 spiro atoms. The van der Waals surface area contributed by atoms with Gasteiger partial charge in [-0.2, -0.15) is 0 Å². The summed E-state index contributed by atoms with van der Waals surface area (Å²) in [5.74, 6) is 0.327. The Morgan fingerprint density at radius 3 is 2.71 bits per heavy atom. The van der Waals surface area contributed by atoms with E-state index in [-0.39, 0.29) is 6.04 Å². The molecule has 0 fully saturated rings. The topological polar surface area (TPSA) is 50.7 Å². The predicted molar refractivity (Wildman–Crippen MR) is 67.2 cm³/mol. The molecule has 0 aliphatic heterocycles. The van der Waals surface area contributed by atoms with Gasteiger partial charge < -0.3 is 19.9 Å². The largest absolute Gasteiger partial charge is 0.508 e. The second kappa shape index (κ2) is 8.06. The molecule has 0 radical (unpaired) electrons. The number of aromatic hydroxyl groups is 1. The highest BCUT2D eigenvalue weighted by Gasteiger charge is 2.07. The molecule has 1 rings (SSSR count). The Morgan fingerprint density at radius 2 is 2.00 bits per heavy atom. The zero-order valence-corrected chi connectivity index (χ0v) is 10.5. The molecule has 1 aromatic carbocycles. The molecule has 0 aliphatic rings. The van der Waals surface area contributed by atoms with Gasteiger partial charge in [0.15, 0.2) is 0 Å². The van der Waals surface area contributed by atoms with Gasteiger partial charge in [0, 0.05) is 25.3 Å². The molecule has 96 valence electrons. The quantitative estimate of drug-likeness (QED) is 0.678. The standard InChI is InChI=1S/C13H21NO3/c1-11(12-5-3-4-6-13(12)15)14-7-8-17-10-9-16-2/h3-6,11,14-15H,7-10H2,1-2H3. The summed E-state index contributed by atoms with van der Waals surface area (Å²) in [7, 11) is 1.65. The maximum absolute atomic E-state index is 9.67. The molecule has 0 saturated carbocycles. The van der Waals surface area contributed by atoms with Crippen molar-refractivity contribution in [3.63, 3.8) is 0 Å². The van der Waals surface area contributed by atoms with E-state index < -0.39 is 0 Å². The van der Waals surface area contributed by atoms with Crippen LogP contribution >= 0.6 is 0 Å². The van der Waals surface area contributed by atoms with Crippen molar-refractivity contribution in [1.82, 2.24) is 5.32 Å². The first kappa shape index (κ1) is 14.0. The third kappa shape index (κ3) is 5.17. The first-order valence-corrected chi connectivity index (χ1v) is 5.83. The summed E-state index contributed by atoms with van der Waals surface area (Å²) < 4.78 is 10.2. The van der Waals surface area contributed by atoms with E-state index in [1.54, 1.807) is 13.2 Å². The van der Waals surface area contributed by atoms with Crippen LogP contribution in [0.15, 0.2) is 24.3 Å². The Balaban J connectivity index is 2.21. The van der Waals surface area contributed by atoms with Gasteiger partial charge >= 0.3 is 0 Å². The Labute approximate surface area is 103 Å². The van der Waals surface area contributed by atoms with Crippen LogP contribution in [0.4, 0.5) is 0 Å². The van der Waals surface area contributed by atoms with Gasteiger partial charge in [-0.15, -0.1) is 0 Å². The summed E-state index contributed by atoms with van der Waals surface area (Å²) >= 11 is 0. The van der Waals surface area contributed by atoms with Gasteiger partial charge in [0.05, 0.1) is 19.8 Å². The van der Waals surface area contributed by atoms with Crippen LogP contribution in [0.5, 0.6) is 5.75 Å². The van der Waals surface area contributed by atoms with Gasteiger partial charge in [-0.1, -0.05) is 18.2 Å². The Morgan fingerprint density at radius 1 is 1.24 bits per heavy atom. The number of phenols is 1. The highest BCUT2D eigenvalue weighted by atomic mass is 16.5. The smallest absolute Gasteiger partial charge is 0.120 e. The minimum atomic E-state index is 0.113. The highest BCUT2D eigenvalue weighted by molar-refractivity contribution is 5.33. The zero-order chi connectivity index (χ0) is 12.5. The highest BCUT2D eigenvalue weighted by Crippen LogP contribution is 2.22. The van der Waals surface area contributed by atoms with Crippen molar-refractivity contribution in [1.29, 1.82) is 0 Å². The molecule has 0 aliphatic carbocycles. The molecule has 0 bridgehead atoms. The third-order valence-corrected chi connectivity index (χ3v) is 2.53. The molecule has 1 aromatic rings. The maximum Gasteiger partial charge on any atom is 0.120 e. The molecule has 0 heterocycles. The molecule has 0 saturated heterocycles. The van der Waals surface area contributed by atoms with Crippen molar-refractivity contribution in [2.45, 2.75) is 13.0 Å². The summed E-state index contributed by atoms with van der Waals surface area (Å²) in [6.07, 6.45) is 0. The lowest BCUT2D eigenvalue weighted by Gasteiger charge is -2.15. The molecule has 1 unspecified atom stereocenters. The molecular weight excluding hydrogens is 218 g/mol. The number of nitrogens with one attached hydrogen (secondary N) is 1.